The summed E-state index contributed by atoms with van der Waals surface area (Å²) in [4.78, 5) is 13.3. The third-order valence-corrected chi connectivity index (χ3v) is 2.09. The van der Waals surface area contributed by atoms with Gasteiger partial charge in [0.1, 0.15) is 0 Å². The minimum Gasteiger partial charge on any atom is -0.383 e. The summed E-state index contributed by atoms with van der Waals surface area (Å²) in [6, 6.07) is 9.04. The molecule has 1 aromatic carbocycles. The molecule has 3 nitrogen and oxygen atoms in total. The second kappa shape index (κ2) is 5.13. The SMILES string of the molecule is CC(=O)/C(=C/N(C)C)c1ccc(C#N)cc1. The Morgan fingerprint density at radius 2 is 1.88 bits per heavy atom. The molecule has 0 radical (unpaired) electrons. The molecule has 0 unspecified atom stereocenters. The minimum absolute atomic E-state index is 0.0124. The predicted molar refractivity (Wildman–Crippen MR) is 63.5 cm³/mol. The van der Waals surface area contributed by atoms with Crippen LogP contribution in [0, 0.1) is 11.3 Å². The summed E-state index contributed by atoms with van der Waals surface area (Å²) in [5.74, 6) is 0.0124. The zero-order valence-electron chi connectivity index (χ0n) is 9.69. The van der Waals surface area contributed by atoms with Gasteiger partial charge in [-0.25, -0.2) is 0 Å². The van der Waals surface area contributed by atoms with Crippen LogP contribution in [0.3, 0.4) is 0 Å². The molecule has 3 heteroatoms. The van der Waals surface area contributed by atoms with Crippen LogP contribution in [0.15, 0.2) is 30.5 Å². The average molecular weight is 214 g/mol. The van der Waals surface area contributed by atoms with Crippen molar-refractivity contribution >= 4 is 11.4 Å². The second-order valence-electron chi connectivity index (χ2n) is 3.75. The van der Waals surface area contributed by atoms with Gasteiger partial charge in [-0.2, -0.15) is 5.26 Å². The summed E-state index contributed by atoms with van der Waals surface area (Å²) in [7, 11) is 3.74. The van der Waals surface area contributed by atoms with Gasteiger partial charge in [-0.1, -0.05) is 12.1 Å². The molecular formula is C13H14N2O. The standard InChI is InChI=1S/C13H14N2O/c1-10(16)13(9-15(2)3)12-6-4-11(8-14)5-7-12/h4-7,9H,1-3H3/b13-9-. The largest absolute Gasteiger partial charge is 0.383 e. The second-order valence-corrected chi connectivity index (χ2v) is 3.75. The zero-order valence-corrected chi connectivity index (χ0v) is 9.69. The first-order chi connectivity index (χ1) is 7.54. The van der Waals surface area contributed by atoms with Crippen molar-refractivity contribution in [2.75, 3.05) is 14.1 Å². The highest BCUT2D eigenvalue weighted by Crippen LogP contribution is 2.16. The van der Waals surface area contributed by atoms with Crippen LogP contribution >= 0.6 is 0 Å². The van der Waals surface area contributed by atoms with Gasteiger partial charge in [0.25, 0.3) is 0 Å². The highest BCUT2D eigenvalue weighted by Gasteiger charge is 2.07. The molecule has 1 rings (SSSR count). The van der Waals surface area contributed by atoms with Crippen LogP contribution < -0.4 is 0 Å². The molecule has 0 saturated carbocycles. The number of ketones is 1. The molecule has 0 fully saturated rings. The van der Waals surface area contributed by atoms with Crippen LogP contribution in [-0.4, -0.2) is 24.8 Å². The number of carbonyl (C=O) groups excluding carboxylic acids is 1. The first-order valence-corrected chi connectivity index (χ1v) is 4.94. The normalized spacial score (nSPS) is 10.8. The lowest BCUT2D eigenvalue weighted by atomic mass is 10.0. The van der Waals surface area contributed by atoms with Crippen LogP contribution in [0.2, 0.25) is 0 Å². The first kappa shape index (κ1) is 12.0. The van der Waals surface area contributed by atoms with E-state index in [1.54, 1.807) is 30.5 Å². The van der Waals surface area contributed by atoms with Crippen molar-refractivity contribution in [2.45, 2.75) is 6.92 Å². The lowest BCUT2D eigenvalue weighted by Crippen LogP contribution is -2.06. The molecule has 0 heterocycles. The topological polar surface area (TPSA) is 44.1 Å². The first-order valence-electron chi connectivity index (χ1n) is 4.94. The maximum absolute atomic E-state index is 11.5. The van der Waals surface area contributed by atoms with E-state index in [1.165, 1.54) is 6.92 Å². The Morgan fingerprint density at radius 1 is 1.31 bits per heavy atom. The number of nitriles is 1. The summed E-state index contributed by atoms with van der Waals surface area (Å²) in [6.45, 7) is 1.54. The van der Waals surface area contributed by atoms with Gasteiger partial charge in [-0.05, 0) is 24.6 Å². The Morgan fingerprint density at radius 3 is 2.25 bits per heavy atom. The molecule has 16 heavy (non-hydrogen) atoms. The Balaban J connectivity index is 3.13. The minimum atomic E-state index is 0.0124. The van der Waals surface area contributed by atoms with Crippen molar-refractivity contribution in [3.63, 3.8) is 0 Å². The van der Waals surface area contributed by atoms with Gasteiger partial charge in [-0.3, -0.25) is 4.79 Å². The quantitative estimate of drug-likeness (QED) is 0.723. The van der Waals surface area contributed by atoms with E-state index in [1.807, 2.05) is 25.1 Å². The summed E-state index contributed by atoms with van der Waals surface area (Å²) >= 11 is 0. The molecule has 0 aliphatic carbocycles. The molecule has 0 spiro atoms. The molecule has 0 aliphatic rings. The molecule has 0 bridgehead atoms. The molecule has 0 aromatic heterocycles. The maximum Gasteiger partial charge on any atom is 0.161 e. The van der Waals surface area contributed by atoms with Crippen LogP contribution in [0.4, 0.5) is 0 Å². The number of hydrogen-bond donors (Lipinski definition) is 0. The third-order valence-electron chi connectivity index (χ3n) is 2.09. The number of benzene rings is 1. The lowest BCUT2D eigenvalue weighted by Gasteiger charge is -2.09. The van der Waals surface area contributed by atoms with Gasteiger partial charge < -0.3 is 4.90 Å². The molecular weight excluding hydrogens is 200 g/mol. The average Bonchev–Trinajstić information content (AvgIpc) is 2.25. The van der Waals surface area contributed by atoms with Gasteiger partial charge in [-0.15, -0.1) is 0 Å². The van der Waals surface area contributed by atoms with E-state index >= 15 is 0 Å². The van der Waals surface area contributed by atoms with E-state index in [0.717, 1.165) is 5.56 Å². The number of Topliss-reactive ketones (excluding diaryl/α,β-unsaturated/α-hetero) is 1. The van der Waals surface area contributed by atoms with Crippen molar-refractivity contribution in [2.24, 2.45) is 0 Å². The Kier molecular flexibility index (Phi) is 3.84. The third kappa shape index (κ3) is 2.96. The van der Waals surface area contributed by atoms with E-state index in [0.29, 0.717) is 11.1 Å². The Labute approximate surface area is 95.6 Å². The zero-order chi connectivity index (χ0) is 12.1. The molecule has 0 aliphatic heterocycles. The highest BCUT2D eigenvalue weighted by molar-refractivity contribution is 6.19. The van der Waals surface area contributed by atoms with Gasteiger partial charge in [0, 0.05) is 25.9 Å². The number of rotatable bonds is 3. The number of hydrogen-bond acceptors (Lipinski definition) is 3. The Hall–Kier alpha value is -2.08. The monoisotopic (exact) mass is 214 g/mol. The number of allylic oxidation sites excluding steroid dienone is 1. The van der Waals surface area contributed by atoms with Gasteiger partial charge in [0.2, 0.25) is 0 Å². The van der Waals surface area contributed by atoms with Crippen molar-refractivity contribution < 1.29 is 4.79 Å². The molecule has 1 aromatic rings. The van der Waals surface area contributed by atoms with Crippen molar-refractivity contribution in [1.29, 1.82) is 5.26 Å². The molecule has 82 valence electrons. The maximum atomic E-state index is 11.5. The molecule has 0 amide bonds. The van der Waals surface area contributed by atoms with Crippen LogP contribution in [0.5, 0.6) is 0 Å². The van der Waals surface area contributed by atoms with E-state index in [9.17, 15) is 4.79 Å². The summed E-state index contributed by atoms with van der Waals surface area (Å²) in [5, 5.41) is 8.68. The lowest BCUT2D eigenvalue weighted by molar-refractivity contribution is -0.111. The van der Waals surface area contributed by atoms with E-state index in [2.05, 4.69) is 0 Å². The highest BCUT2D eigenvalue weighted by atomic mass is 16.1. The van der Waals surface area contributed by atoms with Gasteiger partial charge >= 0.3 is 0 Å². The van der Waals surface area contributed by atoms with E-state index < -0.39 is 0 Å². The van der Waals surface area contributed by atoms with E-state index in [4.69, 9.17) is 5.26 Å². The van der Waals surface area contributed by atoms with Gasteiger partial charge in [0.05, 0.1) is 11.6 Å². The fourth-order valence-corrected chi connectivity index (χ4v) is 1.35. The van der Waals surface area contributed by atoms with E-state index in [-0.39, 0.29) is 5.78 Å². The molecule has 0 N–H and O–H groups in total. The van der Waals surface area contributed by atoms with Crippen molar-refractivity contribution in [3.05, 3.63) is 41.6 Å². The summed E-state index contributed by atoms with van der Waals surface area (Å²) < 4.78 is 0. The Bertz CT molecular complexity index is 450. The van der Waals surface area contributed by atoms with Crippen LogP contribution in [-0.2, 0) is 4.79 Å². The van der Waals surface area contributed by atoms with Gasteiger partial charge in [0.15, 0.2) is 5.78 Å². The smallest absolute Gasteiger partial charge is 0.161 e. The van der Waals surface area contributed by atoms with Crippen LogP contribution in [0.25, 0.3) is 5.57 Å². The van der Waals surface area contributed by atoms with Crippen LogP contribution in [0.1, 0.15) is 18.1 Å². The fraction of sp³-hybridized carbons (Fsp3) is 0.231. The summed E-state index contributed by atoms with van der Waals surface area (Å²) in [6.07, 6.45) is 1.78. The molecule has 0 atom stereocenters. The number of nitrogens with zero attached hydrogens (tertiary/aromatic N) is 2. The molecule has 0 saturated heterocycles. The summed E-state index contributed by atoms with van der Waals surface area (Å²) in [5.41, 5.74) is 2.08. The fourth-order valence-electron chi connectivity index (χ4n) is 1.35. The number of carbonyl (C=O) groups is 1. The van der Waals surface area contributed by atoms with Crippen molar-refractivity contribution in [3.8, 4) is 6.07 Å². The van der Waals surface area contributed by atoms with Crippen molar-refractivity contribution in [1.82, 2.24) is 4.90 Å². The predicted octanol–water partition coefficient (Wildman–Crippen LogP) is 2.05.